The number of nitrogens with two attached hydrogens (primary N) is 1. The Morgan fingerprint density at radius 1 is 1.18 bits per heavy atom. The molecule has 0 unspecified atom stereocenters. The molecule has 3 rings (SSSR count). The van der Waals surface area contributed by atoms with E-state index in [1.54, 1.807) is 0 Å². The molecule has 22 heavy (non-hydrogen) atoms. The van der Waals surface area contributed by atoms with Crippen LogP contribution >= 0.6 is 0 Å². The summed E-state index contributed by atoms with van der Waals surface area (Å²) in [6, 6.07) is 11.3. The summed E-state index contributed by atoms with van der Waals surface area (Å²) in [5.74, 6) is 0.948. The van der Waals surface area contributed by atoms with Crippen LogP contribution in [0.15, 0.2) is 36.7 Å². The largest absolute Gasteiger partial charge is 0.368 e. The standard InChI is InChI=1S/C13H11N9/c14-6-10-16-8-22(21-10)7-11-18-12(15)20-13(19-11)17-9-4-2-1-3-5-9/h1-5,8H,7H2,(H3,15,17,18,19,20). The van der Waals surface area contributed by atoms with Crippen LogP contribution in [0.25, 0.3) is 0 Å². The van der Waals surface area contributed by atoms with E-state index in [0.29, 0.717) is 11.8 Å². The van der Waals surface area contributed by atoms with Crippen molar-refractivity contribution in [2.24, 2.45) is 0 Å². The molecule has 0 aliphatic heterocycles. The van der Waals surface area contributed by atoms with Gasteiger partial charge in [-0.1, -0.05) is 18.2 Å². The lowest BCUT2D eigenvalue weighted by Gasteiger charge is -2.07. The molecule has 2 heterocycles. The molecule has 1 aromatic carbocycles. The van der Waals surface area contributed by atoms with E-state index in [0.717, 1.165) is 5.69 Å². The Bertz CT molecular complexity index is 819. The van der Waals surface area contributed by atoms with E-state index < -0.39 is 0 Å². The molecule has 0 spiro atoms. The van der Waals surface area contributed by atoms with Crippen molar-refractivity contribution in [2.75, 3.05) is 11.1 Å². The highest BCUT2D eigenvalue weighted by atomic mass is 15.3. The molecule has 3 aromatic rings. The van der Waals surface area contributed by atoms with Crippen LogP contribution < -0.4 is 11.1 Å². The first-order chi connectivity index (χ1) is 10.7. The van der Waals surface area contributed by atoms with Gasteiger partial charge in [-0.3, -0.25) is 0 Å². The predicted molar refractivity (Wildman–Crippen MR) is 77.8 cm³/mol. The minimum absolute atomic E-state index is 0.0877. The van der Waals surface area contributed by atoms with Crippen molar-refractivity contribution in [2.45, 2.75) is 6.54 Å². The smallest absolute Gasteiger partial charge is 0.252 e. The van der Waals surface area contributed by atoms with E-state index in [1.165, 1.54) is 11.0 Å². The highest BCUT2D eigenvalue weighted by Crippen LogP contribution is 2.12. The van der Waals surface area contributed by atoms with E-state index in [1.807, 2.05) is 36.4 Å². The van der Waals surface area contributed by atoms with E-state index in [-0.39, 0.29) is 18.3 Å². The van der Waals surface area contributed by atoms with Gasteiger partial charge in [0, 0.05) is 5.69 Å². The van der Waals surface area contributed by atoms with Gasteiger partial charge in [-0.15, -0.1) is 5.10 Å². The molecule has 0 saturated heterocycles. The Balaban J connectivity index is 1.82. The first-order valence-electron chi connectivity index (χ1n) is 6.35. The molecule has 3 N–H and O–H groups in total. The van der Waals surface area contributed by atoms with Crippen LogP contribution in [0.4, 0.5) is 17.6 Å². The molecule has 0 saturated carbocycles. The molecule has 0 fully saturated rings. The summed E-state index contributed by atoms with van der Waals surface area (Å²) in [6.45, 7) is 0.241. The predicted octanol–water partition coefficient (Wildman–Crippen LogP) is 0.709. The number of nitrogens with one attached hydrogen (secondary N) is 1. The molecular formula is C13H11N9. The number of para-hydroxylation sites is 1. The van der Waals surface area contributed by atoms with E-state index in [9.17, 15) is 0 Å². The maximum absolute atomic E-state index is 8.71. The average Bonchev–Trinajstić information content (AvgIpc) is 2.95. The van der Waals surface area contributed by atoms with Gasteiger partial charge in [-0.2, -0.15) is 20.2 Å². The zero-order valence-electron chi connectivity index (χ0n) is 11.4. The van der Waals surface area contributed by atoms with Gasteiger partial charge in [-0.05, 0) is 12.1 Å². The second-order valence-electron chi connectivity index (χ2n) is 4.30. The second kappa shape index (κ2) is 5.84. The fourth-order valence-electron chi connectivity index (χ4n) is 1.78. The monoisotopic (exact) mass is 293 g/mol. The molecule has 9 heteroatoms. The summed E-state index contributed by atoms with van der Waals surface area (Å²) in [7, 11) is 0. The molecule has 9 nitrogen and oxygen atoms in total. The normalized spacial score (nSPS) is 10.1. The summed E-state index contributed by atoms with van der Waals surface area (Å²) < 4.78 is 1.46. The maximum Gasteiger partial charge on any atom is 0.252 e. The summed E-state index contributed by atoms with van der Waals surface area (Å²) >= 11 is 0. The lowest BCUT2D eigenvalue weighted by Crippen LogP contribution is -2.10. The Morgan fingerprint density at radius 3 is 2.73 bits per heavy atom. The summed E-state index contributed by atoms with van der Waals surface area (Å²) in [5.41, 5.74) is 6.54. The van der Waals surface area contributed by atoms with Gasteiger partial charge >= 0.3 is 0 Å². The van der Waals surface area contributed by atoms with Gasteiger partial charge < -0.3 is 11.1 Å². The van der Waals surface area contributed by atoms with Gasteiger partial charge in [-0.25, -0.2) is 9.67 Å². The van der Waals surface area contributed by atoms with Crippen LogP contribution in [-0.4, -0.2) is 29.7 Å². The van der Waals surface area contributed by atoms with Crippen molar-refractivity contribution < 1.29 is 0 Å². The third kappa shape index (κ3) is 3.13. The minimum Gasteiger partial charge on any atom is -0.368 e. The SMILES string of the molecule is N#Cc1ncn(Cc2nc(N)nc(Nc3ccccc3)n2)n1. The zero-order valence-corrected chi connectivity index (χ0v) is 11.4. The molecule has 0 atom stereocenters. The Labute approximate surface area is 125 Å². The number of nitrogens with zero attached hydrogens (tertiary/aromatic N) is 7. The molecule has 0 bridgehead atoms. The van der Waals surface area contributed by atoms with Crippen molar-refractivity contribution in [3.63, 3.8) is 0 Å². The third-order valence-corrected chi connectivity index (χ3v) is 2.67. The van der Waals surface area contributed by atoms with Crippen LogP contribution in [0, 0.1) is 11.3 Å². The second-order valence-corrected chi connectivity index (χ2v) is 4.30. The zero-order chi connectivity index (χ0) is 15.4. The molecule has 0 radical (unpaired) electrons. The Hall–Kier alpha value is -3.54. The van der Waals surface area contributed by atoms with Gasteiger partial charge in [0.2, 0.25) is 11.9 Å². The van der Waals surface area contributed by atoms with Gasteiger partial charge in [0.1, 0.15) is 18.9 Å². The van der Waals surface area contributed by atoms with E-state index >= 15 is 0 Å². The number of nitriles is 1. The number of anilines is 3. The maximum atomic E-state index is 8.71. The number of aromatic nitrogens is 6. The van der Waals surface area contributed by atoms with Gasteiger partial charge in [0.25, 0.3) is 5.82 Å². The highest BCUT2D eigenvalue weighted by Gasteiger charge is 2.07. The summed E-state index contributed by atoms with van der Waals surface area (Å²) in [4.78, 5) is 16.2. The first-order valence-corrected chi connectivity index (χ1v) is 6.35. The molecule has 0 amide bonds. The van der Waals surface area contributed by atoms with Gasteiger partial charge in [0.05, 0.1) is 0 Å². The lowest BCUT2D eigenvalue weighted by atomic mass is 10.3. The van der Waals surface area contributed by atoms with Crippen LogP contribution in [0.1, 0.15) is 11.6 Å². The highest BCUT2D eigenvalue weighted by molar-refractivity contribution is 5.53. The molecule has 2 aromatic heterocycles. The third-order valence-electron chi connectivity index (χ3n) is 2.67. The van der Waals surface area contributed by atoms with Crippen LogP contribution in [0.2, 0.25) is 0 Å². The van der Waals surface area contributed by atoms with Crippen molar-refractivity contribution in [1.29, 1.82) is 5.26 Å². The van der Waals surface area contributed by atoms with E-state index in [2.05, 4.69) is 30.4 Å². The first kappa shape index (κ1) is 13.4. The number of hydrogen-bond donors (Lipinski definition) is 2. The number of rotatable bonds is 4. The van der Waals surface area contributed by atoms with Crippen molar-refractivity contribution in [3.05, 3.63) is 48.3 Å². The number of nitrogen functional groups attached to an aromatic ring is 1. The lowest BCUT2D eigenvalue weighted by molar-refractivity contribution is 0.650. The van der Waals surface area contributed by atoms with Gasteiger partial charge in [0.15, 0.2) is 5.82 Å². The van der Waals surface area contributed by atoms with E-state index in [4.69, 9.17) is 11.0 Å². The van der Waals surface area contributed by atoms with Crippen LogP contribution in [0.3, 0.4) is 0 Å². The molecular weight excluding hydrogens is 282 g/mol. The topological polar surface area (TPSA) is 131 Å². The van der Waals surface area contributed by atoms with Crippen LogP contribution in [-0.2, 0) is 6.54 Å². The molecule has 0 aliphatic rings. The Kier molecular flexibility index (Phi) is 3.57. The van der Waals surface area contributed by atoms with Crippen molar-refractivity contribution in [3.8, 4) is 6.07 Å². The fraction of sp³-hybridized carbons (Fsp3) is 0.0769. The quantitative estimate of drug-likeness (QED) is 0.718. The molecule has 108 valence electrons. The van der Waals surface area contributed by atoms with Crippen LogP contribution in [0.5, 0.6) is 0 Å². The molecule has 0 aliphatic carbocycles. The van der Waals surface area contributed by atoms with Crippen molar-refractivity contribution >= 4 is 17.6 Å². The summed E-state index contributed by atoms with van der Waals surface area (Å²) in [6.07, 6.45) is 1.43. The fourth-order valence-corrected chi connectivity index (χ4v) is 1.78. The average molecular weight is 293 g/mol. The minimum atomic E-state index is 0.0877. The Morgan fingerprint density at radius 2 is 2.00 bits per heavy atom. The number of benzene rings is 1. The van der Waals surface area contributed by atoms with Crippen molar-refractivity contribution in [1.82, 2.24) is 29.7 Å². The number of hydrogen-bond acceptors (Lipinski definition) is 8. The summed E-state index contributed by atoms with van der Waals surface area (Å²) in [5, 5.41) is 15.7.